The van der Waals surface area contributed by atoms with Crippen LogP contribution in [0.25, 0.3) is 0 Å². The molecular weight excluding hydrogens is 172 g/mol. The molecule has 0 aromatic carbocycles. The van der Waals surface area contributed by atoms with E-state index in [1.165, 1.54) is 6.33 Å². The summed E-state index contributed by atoms with van der Waals surface area (Å²) in [6, 6.07) is -0.127. The van der Waals surface area contributed by atoms with Crippen LogP contribution in [-0.4, -0.2) is 38.3 Å². The van der Waals surface area contributed by atoms with Gasteiger partial charge in [-0.25, -0.2) is 4.98 Å². The van der Waals surface area contributed by atoms with Crippen molar-refractivity contribution in [3.05, 3.63) is 12.2 Å². The number of aliphatic hydroxyl groups is 1. The Bertz CT molecular complexity index is 297. The third-order valence-electron chi connectivity index (χ3n) is 2.18. The van der Waals surface area contributed by atoms with E-state index in [-0.39, 0.29) is 17.8 Å². The van der Waals surface area contributed by atoms with E-state index in [0.717, 1.165) is 12.8 Å². The number of aliphatic hydroxyl groups excluding tert-OH is 1. The summed E-state index contributed by atoms with van der Waals surface area (Å²) in [7, 11) is 0. The number of hydrogen-bond donors (Lipinski definition) is 3. The number of aromatic nitrogens is 3. The highest BCUT2D eigenvalue weighted by Gasteiger charge is 2.30. The van der Waals surface area contributed by atoms with Gasteiger partial charge in [0.15, 0.2) is 0 Å². The molecule has 1 aliphatic carbocycles. The molecule has 1 saturated carbocycles. The molecule has 70 valence electrons. The average molecular weight is 182 g/mol. The van der Waals surface area contributed by atoms with E-state index in [9.17, 15) is 9.90 Å². The summed E-state index contributed by atoms with van der Waals surface area (Å²) in [6.07, 6.45) is 2.43. The predicted molar refractivity (Wildman–Crippen MR) is 42.9 cm³/mol. The molecule has 1 aromatic rings. The highest BCUT2D eigenvalue weighted by molar-refractivity contribution is 5.90. The van der Waals surface area contributed by atoms with Gasteiger partial charge < -0.3 is 10.4 Å². The van der Waals surface area contributed by atoms with Gasteiger partial charge in [-0.15, -0.1) is 0 Å². The van der Waals surface area contributed by atoms with Crippen LogP contribution in [0.1, 0.15) is 23.5 Å². The molecule has 13 heavy (non-hydrogen) atoms. The highest BCUT2D eigenvalue weighted by Crippen LogP contribution is 2.19. The first-order chi connectivity index (χ1) is 6.27. The van der Waals surface area contributed by atoms with Gasteiger partial charge in [-0.2, -0.15) is 5.10 Å². The van der Waals surface area contributed by atoms with Crippen LogP contribution < -0.4 is 5.32 Å². The lowest BCUT2D eigenvalue weighted by Gasteiger charge is -2.32. The molecule has 1 fully saturated rings. The number of carbonyl (C=O) groups excluding carboxylic acids is 1. The molecule has 0 unspecified atom stereocenters. The molecule has 2 rings (SSSR count). The lowest BCUT2D eigenvalue weighted by atomic mass is 9.89. The Morgan fingerprint density at radius 3 is 3.00 bits per heavy atom. The van der Waals surface area contributed by atoms with Crippen LogP contribution in [0.5, 0.6) is 0 Å². The zero-order valence-electron chi connectivity index (χ0n) is 6.90. The van der Waals surface area contributed by atoms with Crippen molar-refractivity contribution in [3.63, 3.8) is 0 Å². The minimum atomic E-state index is -0.410. The smallest absolute Gasteiger partial charge is 0.288 e. The van der Waals surface area contributed by atoms with Crippen LogP contribution in [-0.2, 0) is 0 Å². The zero-order valence-corrected chi connectivity index (χ0v) is 6.90. The van der Waals surface area contributed by atoms with Gasteiger partial charge in [-0.1, -0.05) is 0 Å². The molecule has 3 N–H and O–H groups in total. The van der Waals surface area contributed by atoms with Gasteiger partial charge in [-0.3, -0.25) is 9.89 Å². The number of aromatic amines is 1. The molecule has 0 aliphatic heterocycles. The summed E-state index contributed by atoms with van der Waals surface area (Å²) in [4.78, 5) is 15.0. The third kappa shape index (κ3) is 1.52. The number of hydrogen-bond acceptors (Lipinski definition) is 4. The number of rotatable bonds is 2. The van der Waals surface area contributed by atoms with Crippen molar-refractivity contribution < 1.29 is 9.90 Å². The summed E-state index contributed by atoms with van der Waals surface area (Å²) in [5.41, 5.74) is 0. The first-order valence-electron chi connectivity index (χ1n) is 4.11. The predicted octanol–water partition coefficient (Wildman–Crippen LogP) is -0.942. The van der Waals surface area contributed by atoms with E-state index in [4.69, 9.17) is 0 Å². The van der Waals surface area contributed by atoms with Gasteiger partial charge in [0.05, 0.1) is 12.1 Å². The standard InChI is InChI=1S/C7H10N4O2/c12-5-2-1-4(5)10-7(13)6-8-3-9-11-6/h3-5,12H,1-2H2,(H,10,13)(H,8,9,11)/t4-,5-/m1/s1. The SMILES string of the molecule is O=C(N[C@@H]1CC[C@H]1O)c1ncn[nH]1. The van der Waals surface area contributed by atoms with Crippen LogP contribution in [0.4, 0.5) is 0 Å². The van der Waals surface area contributed by atoms with Crippen molar-refractivity contribution in [1.29, 1.82) is 0 Å². The highest BCUT2D eigenvalue weighted by atomic mass is 16.3. The molecular formula is C7H10N4O2. The molecule has 0 radical (unpaired) electrons. The molecule has 1 heterocycles. The van der Waals surface area contributed by atoms with Crippen molar-refractivity contribution in [2.24, 2.45) is 0 Å². The summed E-state index contributed by atoms with van der Waals surface area (Å²) >= 11 is 0. The lowest BCUT2D eigenvalue weighted by Crippen LogP contribution is -2.50. The maximum absolute atomic E-state index is 11.3. The van der Waals surface area contributed by atoms with Gasteiger partial charge in [0.1, 0.15) is 6.33 Å². The fourth-order valence-electron chi connectivity index (χ4n) is 1.20. The molecule has 0 bridgehead atoms. The van der Waals surface area contributed by atoms with Gasteiger partial charge in [0, 0.05) is 0 Å². The molecule has 1 aliphatic rings. The van der Waals surface area contributed by atoms with E-state index in [1.807, 2.05) is 0 Å². The van der Waals surface area contributed by atoms with Gasteiger partial charge in [0.2, 0.25) is 5.82 Å². The van der Waals surface area contributed by atoms with Gasteiger partial charge >= 0.3 is 0 Å². The Labute approximate surface area is 74.4 Å². The number of H-pyrrole nitrogens is 1. The fraction of sp³-hybridized carbons (Fsp3) is 0.571. The van der Waals surface area contributed by atoms with Crippen LogP contribution in [0.15, 0.2) is 6.33 Å². The second kappa shape index (κ2) is 3.14. The third-order valence-corrected chi connectivity index (χ3v) is 2.18. The Kier molecular flexibility index (Phi) is 1.97. The van der Waals surface area contributed by atoms with Gasteiger partial charge in [0.25, 0.3) is 5.91 Å². The van der Waals surface area contributed by atoms with E-state index in [2.05, 4.69) is 20.5 Å². The minimum Gasteiger partial charge on any atom is -0.391 e. The topological polar surface area (TPSA) is 90.9 Å². The number of amides is 1. The molecule has 6 heteroatoms. The van der Waals surface area contributed by atoms with E-state index in [1.54, 1.807) is 0 Å². The summed E-state index contributed by atoms with van der Waals surface area (Å²) in [5, 5.41) is 17.8. The second-order valence-electron chi connectivity index (χ2n) is 3.06. The van der Waals surface area contributed by atoms with Crippen LogP contribution >= 0.6 is 0 Å². The second-order valence-corrected chi connectivity index (χ2v) is 3.06. The van der Waals surface area contributed by atoms with Crippen LogP contribution in [0.2, 0.25) is 0 Å². The van der Waals surface area contributed by atoms with Crippen molar-refractivity contribution in [3.8, 4) is 0 Å². The fourth-order valence-corrected chi connectivity index (χ4v) is 1.20. The molecule has 1 amide bonds. The first-order valence-corrected chi connectivity index (χ1v) is 4.11. The Morgan fingerprint density at radius 2 is 2.54 bits per heavy atom. The quantitative estimate of drug-likeness (QED) is 0.550. The summed E-state index contributed by atoms with van der Waals surface area (Å²) < 4.78 is 0. The molecule has 0 saturated heterocycles. The Hall–Kier alpha value is -1.43. The largest absolute Gasteiger partial charge is 0.391 e. The van der Waals surface area contributed by atoms with E-state index >= 15 is 0 Å². The van der Waals surface area contributed by atoms with Crippen molar-refractivity contribution in [2.75, 3.05) is 0 Å². The molecule has 2 atom stereocenters. The maximum Gasteiger partial charge on any atom is 0.288 e. The normalized spacial score (nSPS) is 26.5. The molecule has 0 spiro atoms. The van der Waals surface area contributed by atoms with Crippen molar-refractivity contribution >= 4 is 5.91 Å². The first kappa shape index (κ1) is 8.18. The van der Waals surface area contributed by atoms with E-state index < -0.39 is 6.10 Å². The van der Waals surface area contributed by atoms with Crippen molar-refractivity contribution in [1.82, 2.24) is 20.5 Å². The average Bonchev–Trinajstić information content (AvgIpc) is 2.64. The Morgan fingerprint density at radius 1 is 1.69 bits per heavy atom. The molecule has 6 nitrogen and oxygen atoms in total. The summed E-state index contributed by atoms with van der Waals surface area (Å²) in [6.45, 7) is 0. The zero-order chi connectivity index (χ0) is 9.26. The lowest BCUT2D eigenvalue weighted by molar-refractivity contribution is 0.0443. The van der Waals surface area contributed by atoms with Crippen molar-refractivity contribution in [2.45, 2.75) is 25.0 Å². The number of nitrogens with zero attached hydrogens (tertiary/aromatic N) is 2. The number of nitrogens with one attached hydrogen (secondary N) is 2. The maximum atomic E-state index is 11.3. The van der Waals surface area contributed by atoms with E-state index in [0.29, 0.717) is 0 Å². The van der Waals surface area contributed by atoms with Crippen LogP contribution in [0, 0.1) is 0 Å². The minimum absolute atomic E-state index is 0.127. The van der Waals surface area contributed by atoms with Crippen LogP contribution in [0.3, 0.4) is 0 Å². The Balaban J connectivity index is 1.92. The summed E-state index contributed by atoms with van der Waals surface area (Å²) in [5.74, 6) is -0.139. The monoisotopic (exact) mass is 182 g/mol. The molecule has 1 aromatic heterocycles. The number of carbonyl (C=O) groups is 1. The van der Waals surface area contributed by atoms with Gasteiger partial charge in [-0.05, 0) is 12.8 Å².